The van der Waals surface area contributed by atoms with Crippen molar-refractivity contribution < 1.29 is 4.79 Å². The Kier molecular flexibility index (Phi) is 5.91. The van der Waals surface area contributed by atoms with Gasteiger partial charge < -0.3 is 5.32 Å². The van der Waals surface area contributed by atoms with E-state index in [0.29, 0.717) is 5.16 Å². The topological polar surface area (TPSA) is 54.9 Å². The number of benzene rings is 2. The van der Waals surface area contributed by atoms with Crippen LogP contribution in [0.5, 0.6) is 0 Å². The fourth-order valence-corrected chi connectivity index (χ4v) is 3.43. The summed E-state index contributed by atoms with van der Waals surface area (Å²) in [5.74, 6) is 0.386. The lowest BCUT2D eigenvalue weighted by atomic mass is 10.1. The summed E-state index contributed by atoms with van der Waals surface area (Å²) in [6.45, 7) is 3.90. The monoisotopic (exact) mass is 383 g/mol. The standard InChI is InChI=1S/C20H18ClN3OS/c1-13-7-6-8-14(2)17(13)23-19(25)18-16(21)11-22-20(24-18)26-12-15-9-4-3-5-10-15/h3-11H,12H2,1-2H3,(H,23,25). The molecule has 0 bridgehead atoms. The summed E-state index contributed by atoms with van der Waals surface area (Å²) in [6.07, 6.45) is 1.47. The molecule has 0 aliphatic carbocycles. The van der Waals surface area contributed by atoms with E-state index in [2.05, 4.69) is 15.3 Å². The van der Waals surface area contributed by atoms with Crippen LogP contribution in [0.25, 0.3) is 0 Å². The zero-order valence-corrected chi connectivity index (χ0v) is 16.1. The largest absolute Gasteiger partial charge is 0.320 e. The number of thioether (sulfide) groups is 1. The molecule has 2 aromatic carbocycles. The molecule has 1 amide bonds. The van der Waals surface area contributed by atoms with Gasteiger partial charge in [-0.2, -0.15) is 0 Å². The summed E-state index contributed by atoms with van der Waals surface area (Å²) in [4.78, 5) is 21.2. The molecule has 3 rings (SSSR count). The van der Waals surface area contributed by atoms with E-state index in [4.69, 9.17) is 11.6 Å². The van der Waals surface area contributed by atoms with Gasteiger partial charge in [0.2, 0.25) is 0 Å². The van der Waals surface area contributed by atoms with Crippen LogP contribution in [0.1, 0.15) is 27.2 Å². The Morgan fingerprint density at radius 3 is 2.46 bits per heavy atom. The molecule has 0 aliphatic rings. The third-order valence-electron chi connectivity index (χ3n) is 3.87. The smallest absolute Gasteiger partial charge is 0.275 e. The first kappa shape index (κ1) is 18.4. The summed E-state index contributed by atoms with van der Waals surface area (Å²) in [6, 6.07) is 15.9. The van der Waals surface area contributed by atoms with Crippen LogP contribution >= 0.6 is 23.4 Å². The highest BCUT2D eigenvalue weighted by Crippen LogP contribution is 2.24. The number of rotatable bonds is 5. The molecule has 3 aromatic rings. The molecular weight excluding hydrogens is 366 g/mol. The van der Waals surface area contributed by atoms with E-state index in [1.807, 2.05) is 62.4 Å². The molecule has 0 fully saturated rings. The molecule has 0 saturated heterocycles. The third-order valence-corrected chi connectivity index (χ3v) is 5.08. The minimum absolute atomic E-state index is 0.180. The van der Waals surface area contributed by atoms with E-state index < -0.39 is 0 Å². The maximum atomic E-state index is 12.7. The Balaban J connectivity index is 1.77. The second-order valence-electron chi connectivity index (χ2n) is 5.84. The normalized spacial score (nSPS) is 10.6. The first-order chi connectivity index (χ1) is 12.5. The molecule has 0 saturated carbocycles. The average molecular weight is 384 g/mol. The summed E-state index contributed by atoms with van der Waals surface area (Å²) >= 11 is 7.62. The predicted octanol–water partition coefficient (Wildman–Crippen LogP) is 5.29. The lowest BCUT2D eigenvalue weighted by Gasteiger charge is -2.12. The van der Waals surface area contributed by atoms with Crippen LogP contribution in [-0.4, -0.2) is 15.9 Å². The van der Waals surface area contributed by atoms with Gasteiger partial charge in [0, 0.05) is 11.4 Å². The zero-order valence-electron chi connectivity index (χ0n) is 14.5. The number of para-hydroxylation sites is 1. The summed E-state index contributed by atoms with van der Waals surface area (Å²) in [5, 5.41) is 3.67. The van der Waals surface area contributed by atoms with E-state index in [9.17, 15) is 4.79 Å². The van der Waals surface area contributed by atoms with Crippen molar-refractivity contribution in [3.63, 3.8) is 0 Å². The van der Waals surface area contributed by atoms with Crippen LogP contribution in [0.2, 0.25) is 5.02 Å². The number of carbonyl (C=O) groups excluding carboxylic acids is 1. The molecule has 6 heteroatoms. The van der Waals surface area contributed by atoms with Crippen molar-refractivity contribution in [3.8, 4) is 0 Å². The predicted molar refractivity (Wildman–Crippen MR) is 107 cm³/mol. The van der Waals surface area contributed by atoms with Crippen molar-refractivity contribution in [1.82, 2.24) is 9.97 Å². The van der Waals surface area contributed by atoms with Crippen molar-refractivity contribution in [2.24, 2.45) is 0 Å². The van der Waals surface area contributed by atoms with E-state index >= 15 is 0 Å². The van der Waals surface area contributed by atoms with Crippen molar-refractivity contribution in [2.45, 2.75) is 24.8 Å². The Bertz CT molecular complexity index is 911. The molecule has 0 atom stereocenters. The number of nitrogens with one attached hydrogen (secondary N) is 1. The molecule has 0 spiro atoms. The van der Waals surface area contributed by atoms with Crippen LogP contribution < -0.4 is 5.32 Å². The molecule has 1 heterocycles. The van der Waals surface area contributed by atoms with Gasteiger partial charge in [-0.25, -0.2) is 9.97 Å². The molecule has 0 unspecified atom stereocenters. The van der Waals surface area contributed by atoms with Crippen molar-refractivity contribution in [2.75, 3.05) is 5.32 Å². The number of hydrogen-bond acceptors (Lipinski definition) is 4. The first-order valence-electron chi connectivity index (χ1n) is 8.11. The van der Waals surface area contributed by atoms with E-state index in [0.717, 1.165) is 28.1 Å². The fraction of sp³-hybridized carbons (Fsp3) is 0.150. The van der Waals surface area contributed by atoms with E-state index in [1.165, 1.54) is 18.0 Å². The fourth-order valence-electron chi connectivity index (χ4n) is 2.49. The Hall–Kier alpha value is -2.37. The van der Waals surface area contributed by atoms with Crippen LogP contribution in [-0.2, 0) is 5.75 Å². The molecule has 1 N–H and O–H groups in total. The van der Waals surface area contributed by atoms with Gasteiger partial charge in [0.1, 0.15) is 0 Å². The van der Waals surface area contributed by atoms with E-state index in [-0.39, 0.29) is 16.6 Å². The SMILES string of the molecule is Cc1cccc(C)c1NC(=O)c1nc(SCc2ccccc2)ncc1Cl. The number of aromatic nitrogens is 2. The molecular formula is C20H18ClN3OS. The molecule has 26 heavy (non-hydrogen) atoms. The van der Waals surface area contributed by atoms with Gasteiger partial charge >= 0.3 is 0 Å². The number of hydrogen-bond donors (Lipinski definition) is 1. The number of carbonyl (C=O) groups is 1. The van der Waals surface area contributed by atoms with Gasteiger partial charge in [0.15, 0.2) is 10.9 Å². The van der Waals surface area contributed by atoms with Crippen molar-refractivity contribution in [3.05, 3.63) is 82.1 Å². The lowest BCUT2D eigenvalue weighted by molar-refractivity contribution is 0.102. The molecule has 0 radical (unpaired) electrons. The van der Waals surface area contributed by atoms with Gasteiger partial charge in [0.25, 0.3) is 5.91 Å². The number of aryl methyl sites for hydroxylation is 2. The summed E-state index contributed by atoms with van der Waals surface area (Å²) in [7, 11) is 0. The van der Waals surface area contributed by atoms with Crippen LogP contribution in [0.3, 0.4) is 0 Å². The minimum atomic E-state index is -0.337. The van der Waals surface area contributed by atoms with Gasteiger partial charge in [-0.3, -0.25) is 4.79 Å². The molecule has 4 nitrogen and oxygen atoms in total. The maximum absolute atomic E-state index is 12.7. The molecule has 0 aliphatic heterocycles. The maximum Gasteiger partial charge on any atom is 0.275 e. The number of halogens is 1. The van der Waals surface area contributed by atoms with Gasteiger partial charge in [-0.05, 0) is 30.5 Å². The number of amides is 1. The number of nitrogens with zero attached hydrogens (tertiary/aromatic N) is 2. The third kappa shape index (κ3) is 4.42. The molecule has 1 aromatic heterocycles. The van der Waals surface area contributed by atoms with Gasteiger partial charge in [0.05, 0.1) is 11.2 Å². The highest BCUT2D eigenvalue weighted by Gasteiger charge is 2.16. The molecule has 132 valence electrons. The van der Waals surface area contributed by atoms with Gasteiger partial charge in [-0.15, -0.1) is 0 Å². The summed E-state index contributed by atoms with van der Waals surface area (Å²) < 4.78 is 0. The lowest BCUT2D eigenvalue weighted by Crippen LogP contribution is -2.16. The summed E-state index contributed by atoms with van der Waals surface area (Å²) in [5.41, 5.74) is 4.10. The van der Waals surface area contributed by atoms with Crippen molar-refractivity contribution >= 4 is 35.0 Å². The van der Waals surface area contributed by atoms with Crippen LogP contribution in [0.15, 0.2) is 59.9 Å². The Morgan fingerprint density at radius 1 is 1.08 bits per heavy atom. The number of anilines is 1. The first-order valence-corrected chi connectivity index (χ1v) is 9.48. The Morgan fingerprint density at radius 2 is 1.77 bits per heavy atom. The average Bonchev–Trinajstić information content (AvgIpc) is 2.65. The highest BCUT2D eigenvalue weighted by atomic mass is 35.5. The highest BCUT2D eigenvalue weighted by molar-refractivity contribution is 7.98. The quantitative estimate of drug-likeness (QED) is 0.480. The van der Waals surface area contributed by atoms with Crippen LogP contribution in [0, 0.1) is 13.8 Å². The van der Waals surface area contributed by atoms with Crippen LogP contribution in [0.4, 0.5) is 5.69 Å². The minimum Gasteiger partial charge on any atom is -0.320 e. The Labute approximate surface area is 162 Å². The van der Waals surface area contributed by atoms with Gasteiger partial charge in [-0.1, -0.05) is 71.9 Å². The zero-order chi connectivity index (χ0) is 18.5. The van der Waals surface area contributed by atoms with E-state index in [1.54, 1.807) is 0 Å². The second kappa shape index (κ2) is 8.34. The second-order valence-corrected chi connectivity index (χ2v) is 7.19. The van der Waals surface area contributed by atoms with Crippen molar-refractivity contribution in [1.29, 1.82) is 0 Å².